The number of fused-ring (bicyclic) bond motifs is 1. The summed E-state index contributed by atoms with van der Waals surface area (Å²) in [5.74, 6) is -11.6. The largest absolute Gasteiger partial charge is 0.469 e. The van der Waals surface area contributed by atoms with Crippen LogP contribution < -0.4 is 10.6 Å². The molecule has 2 aliphatic heterocycles. The zero-order chi connectivity index (χ0) is 33.1. The van der Waals surface area contributed by atoms with Crippen molar-refractivity contribution in [3.8, 4) is 0 Å². The maximum absolute atomic E-state index is 14.4. The molecule has 5 rings (SSSR count). The van der Waals surface area contributed by atoms with Gasteiger partial charge in [-0.25, -0.2) is 9.59 Å². The molecule has 0 bridgehead atoms. The van der Waals surface area contributed by atoms with Crippen LogP contribution in [-0.2, 0) is 57.2 Å². The Bertz CT molecular complexity index is 1360. The molecular formula is C32H40N2O12. The average molecular weight is 645 g/mol. The van der Waals surface area contributed by atoms with Gasteiger partial charge in [-0.2, -0.15) is 0 Å². The fraction of sp³-hybridized carbons (Fsp3) is 0.625. The first-order valence-electron chi connectivity index (χ1n) is 15.7. The van der Waals surface area contributed by atoms with Crippen molar-refractivity contribution in [3.63, 3.8) is 0 Å². The maximum Gasteiger partial charge on any atom is 0.340 e. The van der Waals surface area contributed by atoms with Crippen LogP contribution in [-0.4, -0.2) is 82.1 Å². The standard InChI is InChI=1S/C32H40N2O12/c1-41-29(37)17-19-23(35)26-20(24(36)25(19)45-27(21(17)31(39)43-3)33-15-11-7-5-8-12-15)18(30(38)42-2)22(32(40)44-4)28(46-26)34-16-13-9-6-10-14-16/h15-19,25,33-34H,5-14H2,1-4H3. The minimum Gasteiger partial charge on any atom is -0.469 e. The molecule has 2 N–H and O–H groups in total. The number of rotatable bonds is 8. The maximum atomic E-state index is 14.4. The summed E-state index contributed by atoms with van der Waals surface area (Å²) >= 11 is 0. The second kappa shape index (κ2) is 14.0. The number of allylic oxidation sites excluding steroid dienone is 1. The second-order valence-electron chi connectivity index (χ2n) is 12.0. The van der Waals surface area contributed by atoms with E-state index in [-0.39, 0.29) is 35.0 Å². The SMILES string of the molecule is COC(=O)C1=C(NC2CCCCC2)OC2=C(C(=O)C3OC(NC4CCCCC4)=C(C(=O)OC)C(C(=O)OC)C3C2=O)C1C(=O)OC. The highest BCUT2D eigenvalue weighted by molar-refractivity contribution is 6.20. The number of ketones is 2. The minimum atomic E-state index is -1.70. The van der Waals surface area contributed by atoms with E-state index in [1.54, 1.807) is 0 Å². The van der Waals surface area contributed by atoms with E-state index in [0.29, 0.717) is 0 Å². The van der Waals surface area contributed by atoms with E-state index in [9.17, 15) is 28.8 Å². The summed E-state index contributed by atoms with van der Waals surface area (Å²) in [6.45, 7) is 0. The number of ether oxygens (including phenoxy) is 6. The summed E-state index contributed by atoms with van der Waals surface area (Å²) in [6.07, 6.45) is 6.96. The third kappa shape index (κ3) is 5.96. The Morgan fingerprint density at radius 1 is 0.652 bits per heavy atom. The van der Waals surface area contributed by atoms with Crippen LogP contribution in [0.5, 0.6) is 0 Å². The number of nitrogens with one attached hydrogen (secondary N) is 2. The van der Waals surface area contributed by atoms with E-state index >= 15 is 0 Å². The molecule has 250 valence electrons. The van der Waals surface area contributed by atoms with E-state index in [4.69, 9.17) is 28.4 Å². The van der Waals surface area contributed by atoms with Crippen LogP contribution in [0, 0.1) is 17.8 Å². The Labute approximate surface area is 266 Å². The normalized spacial score (nSPS) is 27.0. The van der Waals surface area contributed by atoms with Gasteiger partial charge in [0.05, 0.1) is 39.9 Å². The van der Waals surface area contributed by atoms with Gasteiger partial charge in [-0.1, -0.05) is 38.5 Å². The summed E-state index contributed by atoms with van der Waals surface area (Å²) in [7, 11) is 4.41. The number of esters is 4. The van der Waals surface area contributed by atoms with Gasteiger partial charge >= 0.3 is 23.9 Å². The number of Topliss-reactive ketones (excluding diaryl/α,β-unsaturated/α-hetero) is 2. The van der Waals surface area contributed by atoms with Crippen molar-refractivity contribution < 1.29 is 57.2 Å². The van der Waals surface area contributed by atoms with Gasteiger partial charge in [-0.05, 0) is 25.7 Å². The first-order valence-corrected chi connectivity index (χ1v) is 15.7. The third-order valence-corrected chi connectivity index (χ3v) is 9.39. The number of carbonyl (C=O) groups excluding carboxylic acids is 6. The molecule has 14 nitrogen and oxygen atoms in total. The zero-order valence-electron chi connectivity index (χ0n) is 26.4. The van der Waals surface area contributed by atoms with E-state index < -0.39 is 70.6 Å². The van der Waals surface area contributed by atoms with E-state index in [2.05, 4.69) is 10.6 Å². The lowest BCUT2D eigenvalue weighted by Gasteiger charge is -2.43. The number of methoxy groups -OCH3 is 4. The summed E-state index contributed by atoms with van der Waals surface area (Å²) in [4.78, 5) is 82.1. The lowest BCUT2D eigenvalue weighted by atomic mass is 9.68. The van der Waals surface area contributed by atoms with Gasteiger partial charge in [0.25, 0.3) is 0 Å². The number of carbonyl (C=O) groups is 6. The lowest BCUT2D eigenvalue weighted by Crippen LogP contribution is -2.57. The molecule has 0 radical (unpaired) electrons. The Morgan fingerprint density at radius 2 is 1.17 bits per heavy atom. The summed E-state index contributed by atoms with van der Waals surface area (Å²) in [6, 6.07) is -0.306. The van der Waals surface area contributed by atoms with Gasteiger partial charge in [0, 0.05) is 12.1 Å². The second-order valence-corrected chi connectivity index (χ2v) is 12.0. The Balaban J connectivity index is 1.64. The quantitative estimate of drug-likeness (QED) is 0.287. The van der Waals surface area contributed by atoms with Crippen molar-refractivity contribution in [3.05, 3.63) is 34.2 Å². The van der Waals surface area contributed by atoms with Crippen LogP contribution in [0.25, 0.3) is 0 Å². The van der Waals surface area contributed by atoms with Crippen LogP contribution in [0.1, 0.15) is 64.2 Å². The Hall–Kier alpha value is -4.36. The molecule has 2 fully saturated rings. The van der Waals surface area contributed by atoms with Gasteiger partial charge in [-0.15, -0.1) is 0 Å². The summed E-state index contributed by atoms with van der Waals surface area (Å²) < 4.78 is 32.2. The van der Waals surface area contributed by atoms with Crippen molar-refractivity contribution in [1.29, 1.82) is 0 Å². The molecule has 46 heavy (non-hydrogen) atoms. The minimum absolute atomic E-state index is 0.148. The Morgan fingerprint density at radius 3 is 1.70 bits per heavy atom. The van der Waals surface area contributed by atoms with Crippen molar-refractivity contribution in [1.82, 2.24) is 10.6 Å². The van der Waals surface area contributed by atoms with Gasteiger partial charge in [0.1, 0.15) is 23.0 Å². The van der Waals surface area contributed by atoms with Gasteiger partial charge in [0.15, 0.2) is 17.7 Å². The van der Waals surface area contributed by atoms with Gasteiger partial charge in [-0.3, -0.25) is 19.2 Å². The molecule has 4 unspecified atom stereocenters. The lowest BCUT2D eigenvalue weighted by molar-refractivity contribution is -0.161. The third-order valence-electron chi connectivity index (χ3n) is 9.39. The van der Waals surface area contributed by atoms with Crippen molar-refractivity contribution in [2.24, 2.45) is 17.8 Å². The predicted molar refractivity (Wildman–Crippen MR) is 156 cm³/mol. The molecule has 0 spiro atoms. The summed E-state index contributed by atoms with van der Waals surface area (Å²) in [5, 5.41) is 6.30. The van der Waals surface area contributed by atoms with E-state index in [0.717, 1.165) is 92.6 Å². The Kier molecular flexibility index (Phi) is 10.0. The number of hydrogen-bond donors (Lipinski definition) is 2. The molecule has 2 heterocycles. The highest BCUT2D eigenvalue weighted by atomic mass is 16.6. The van der Waals surface area contributed by atoms with Gasteiger partial charge < -0.3 is 39.1 Å². The topological polar surface area (TPSA) is 182 Å². The first kappa shape index (κ1) is 33.0. The van der Waals surface area contributed by atoms with Crippen LogP contribution in [0.4, 0.5) is 0 Å². The van der Waals surface area contributed by atoms with Gasteiger partial charge in [0.2, 0.25) is 17.4 Å². The fourth-order valence-corrected chi connectivity index (χ4v) is 7.10. The number of hydrogen-bond acceptors (Lipinski definition) is 14. The highest BCUT2D eigenvalue weighted by Gasteiger charge is 2.61. The molecule has 0 aromatic heterocycles. The molecule has 3 aliphatic carbocycles. The molecule has 0 aromatic carbocycles. The van der Waals surface area contributed by atoms with Crippen LogP contribution >= 0.6 is 0 Å². The molecule has 4 atom stereocenters. The molecule has 0 aromatic rings. The molecular weight excluding hydrogens is 604 g/mol. The van der Waals surface area contributed by atoms with Crippen molar-refractivity contribution in [2.45, 2.75) is 82.4 Å². The molecule has 0 amide bonds. The summed E-state index contributed by atoms with van der Waals surface area (Å²) in [5.41, 5.74) is -1.09. The van der Waals surface area contributed by atoms with Crippen LogP contribution in [0.3, 0.4) is 0 Å². The zero-order valence-corrected chi connectivity index (χ0v) is 26.4. The van der Waals surface area contributed by atoms with E-state index in [1.807, 2.05) is 0 Å². The smallest absolute Gasteiger partial charge is 0.340 e. The first-order chi connectivity index (χ1) is 22.2. The van der Waals surface area contributed by atoms with Crippen molar-refractivity contribution >= 4 is 35.4 Å². The predicted octanol–water partition coefficient (Wildman–Crippen LogP) is 1.63. The highest BCUT2D eigenvalue weighted by Crippen LogP contribution is 2.47. The monoisotopic (exact) mass is 644 g/mol. The van der Waals surface area contributed by atoms with Crippen LogP contribution in [0.2, 0.25) is 0 Å². The molecule has 2 saturated carbocycles. The molecule has 14 heteroatoms. The van der Waals surface area contributed by atoms with Crippen molar-refractivity contribution in [2.75, 3.05) is 28.4 Å². The van der Waals surface area contributed by atoms with E-state index in [1.165, 1.54) is 0 Å². The van der Waals surface area contributed by atoms with Crippen LogP contribution in [0.15, 0.2) is 34.2 Å². The average Bonchev–Trinajstić information content (AvgIpc) is 3.08. The molecule has 0 saturated heterocycles. The molecule has 5 aliphatic rings. The fourth-order valence-electron chi connectivity index (χ4n) is 7.10.